The molecule has 0 saturated carbocycles. The highest BCUT2D eigenvalue weighted by Crippen LogP contribution is 2.34. The first-order chi connectivity index (χ1) is 7.86. The molecule has 1 aromatic carbocycles. The Labute approximate surface area is 106 Å². The number of benzene rings is 1. The molecule has 0 amide bonds. The van der Waals surface area contributed by atoms with E-state index >= 15 is 0 Å². The highest BCUT2D eigenvalue weighted by atomic mass is 14.6. The predicted molar refractivity (Wildman–Crippen MR) is 76.1 cm³/mol. The van der Waals surface area contributed by atoms with Crippen LogP contribution in [0.2, 0.25) is 0 Å². The Morgan fingerprint density at radius 1 is 0.941 bits per heavy atom. The van der Waals surface area contributed by atoms with Crippen molar-refractivity contribution in [3.05, 3.63) is 40.8 Å². The summed E-state index contributed by atoms with van der Waals surface area (Å²) in [7, 11) is 0. The highest BCUT2D eigenvalue weighted by Gasteiger charge is 2.21. The molecule has 1 unspecified atom stereocenters. The maximum atomic E-state index is 6.38. The molecule has 0 bridgehead atoms. The van der Waals surface area contributed by atoms with Crippen molar-refractivity contribution >= 4 is 0 Å². The molecule has 1 nitrogen and oxygen atoms in total. The third kappa shape index (κ3) is 3.10. The van der Waals surface area contributed by atoms with Crippen molar-refractivity contribution < 1.29 is 0 Å². The van der Waals surface area contributed by atoms with Crippen LogP contribution < -0.4 is 5.73 Å². The normalized spacial score (nSPS) is 13.8. The molecule has 0 heterocycles. The molecule has 0 aromatic heterocycles. The van der Waals surface area contributed by atoms with Crippen LogP contribution in [-0.2, 0) is 0 Å². The maximum Gasteiger partial charge on any atom is 0.0358 e. The maximum absolute atomic E-state index is 6.38. The molecule has 0 aliphatic rings. The molecular formula is C16H26N. The average molecular weight is 232 g/mol. The molecule has 0 fully saturated rings. The minimum atomic E-state index is 0.0611. The van der Waals surface area contributed by atoms with Crippen LogP contribution in [0, 0.1) is 5.92 Å². The Hall–Kier alpha value is -0.820. The second-order valence-electron chi connectivity index (χ2n) is 5.71. The van der Waals surface area contributed by atoms with Crippen molar-refractivity contribution in [1.82, 2.24) is 0 Å². The Kier molecular flexibility index (Phi) is 4.76. The molecule has 0 aliphatic carbocycles. The smallest absolute Gasteiger partial charge is 0.0358 e. The molecule has 17 heavy (non-hydrogen) atoms. The minimum absolute atomic E-state index is 0.0611. The highest BCUT2D eigenvalue weighted by molar-refractivity contribution is 5.43. The van der Waals surface area contributed by atoms with E-state index in [-0.39, 0.29) is 6.04 Å². The van der Waals surface area contributed by atoms with Gasteiger partial charge in [0.05, 0.1) is 0 Å². The first-order valence-corrected chi connectivity index (χ1v) is 6.54. The lowest BCUT2D eigenvalue weighted by molar-refractivity contribution is 0.689. The lowest BCUT2D eigenvalue weighted by Crippen LogP contribution is -2.20. The van der Waals surface area contributed by atoms with Crippen LogP contribution in [0.25, 0.3) is 0 Å². The Balaban J connectivity index is 3.38. The van der Waals surface area contributed by atoms with E-state index in [1.807, 2.05) is 0 Å². The Bertz CT molecular complexity index is 338. The second kappa shape index (κ2) is 5.68. The van der Waals surface area contributed by atoms with Crippen molar-refractivity contribution in [2.75, 3.05) is 0 Å². The van der Waals surface area contributed by atoms with Gasteiger partial charge in [-0.2, -0.15) is 0 Å². The first-order valence-electron chi connectivity index (χ1n) is 6.54. The van der Waals surface area contributed by atoms with Crippen LogP contribution in [0.1, 0.15) is 76.1 Å². The fourth-order valence-electron chi connectivity index (χ4n) is 2.26. The lowest BCUT2D eigenvalue weighted by Gasteiger charge is -2.26. The Morgan fingerprint density at radius 2 is 1.35 bits per heavy atom. The third-order valence-electron chi connectivity index (χ3n) is 3.35. The van der Waals surface area contributed by atoms with Gasteiger partial charge in [0, 0.05) is 6.04 Å². The molecule has 0 aliphatic heterocycles. The zero-order valence-electron chi connectivity index (χ0n) is 12.0. The van der Waals surface area contributed by atoms with E-state index in [9.17, 15) is 0 Å². The second-order valence-corrected chi connectivity index (χ2v) is 5.71. The summed E-state index contributed by atoms with van der Waals surface area (Å²) >= 11 is 0. The van der Waals surface area contributed by atoms with E-state index in [0.717, 1.165) is 0 Å². The van der Waals surface area contributed by atoms with Crippen LogP contribution in [0.3, 0.4) is 0 Å². The van der Waals surface area contributed by atoms with Crippen molar-refractivity contribution in [3.8, 4) is 0 Å². The molecule has 1 rings (SSSR count). The molecular weight excluding hydrogens is 206 g/mol. The van der Waals surface area contributed by atoms with Gasteiger partial charge in [-0.05, 0) is 34.4 Å². The molecule has 0 saturated heterocycles. The van der Waals surface area contributed by atoms with E-state index in [0.29, 0.717) is 11.8 Å². The van der Waals surface area contributed by atoms with Crippen LogP contribution in [-0.4, -0.2) is 0 Å². The average Bonchev–Trinajstić information content (AvgIpc) is 2.26. The van der Waals surface area contributed by atoms with Crippen molar-refractivity contribution in [2.45, 2.75) is 59.4 Å². The van der Waals surface area contributed by atoms with Crippen LogP contribution in [0.5, 0.6) is 0 Å². The summed E-state index contributed by atoms with van der Waals surface area (Å²) in [6, 6.07) is 6.65. The Morgan fingerprint density at radius 3 is 1.65 bits per heavy atom. The molecule has 95 valence electrons. The summed E-state index contributed by atoms with van der Waals surface area (Å²) in [6.07, 6.45) is 0. The molecule has 1 radical (unpaired) electrons. The zero-order valence-corrected chi connectivity index (χ0v) is 12.0. The van der Waals surface area contributed by atoms with Gasteiger partial charge in [-0.25, -0.2) is 0 Å². The summed E-state index contributed by atoms with van der Waals surface area (Å²) in [5, 5.41) is 0. The van der Waals surface area contributed by atoms with Gasteiger partial charge in [-0.15, -0.1) is 0 Å². The topological polar surface area (TPSA) is 26.0 Å². The van der Waals surface area contributed by atoms with E-state index in [1.165, 1.54) is 22.6 Å². The van der Waals surface area contributed by atoms with Gasteiger partial charge in [-0.3, -0.25) is 0 Å². The number of nitrogens with two attached hydrogens (primary N) is 1. The first kappa shape index (κ1) is 14.2. The van der Waals surface area contributed by atoms with Crippen molar-refractivity contribution in [2.24, 2.45) is 5.73 Å². The van der Waals surface area contributed by atoms with Gasteiger partial charge in [0.15, 0.2) is 0 Å². The van der Waals surface area contributed by atoms with Gasteiger partial charge in [0.25, 0.3) is 0 Å². The summed E-state index contributed by atoms with van der Waals surface area (Å²) in [6.45, 7) is 13.2. The molecule has 1 aromatic rings. The number of rotatable bonds is 4. The molecule has 1 atom stereocenters. The molecule has 1 heteroatoms. The van der Waals surface area contributed by atoms with Gasteiger partial charge in [-0.1, -0.05) is 59.7 Å². The molecule has 2 N–H and O–H groups in total. The van der Waals surface area contributed by atoms with Gasteiger partial charge >= 0.3 is 0 Å². The van der Waals surface area contributed by atoms with E-state index in [2.05, 4.69) is 59.7 Å². The van der Waals surface area contributed by atoms with E-state index in [4.69, 9.17) is 5.73 Å². The standard InChI is InChI=1S/C16H26N/c1-10(2)13-8-7-9-14(11(3)4)15(13)16(17)12(5)6/h7-11,16H,17H2,1-6H3. The number of hydrogen-bond donors (Lipinski definition) is 1. The van der Waals surface area contributed by atoms with Gasteiger partial charge in [0.2, 0.25) is 0 Å². The minimum Gasteiger partial charge on any atom is -0.323 e. The fraction of sp³-hybridized carbons (Fsp3) is 0.562. The van der Waals surface area contributed by atoms with E-state index < -0.39 is 0 Å². The summed E-state index contributed by atoms with van der Waals surface area (Å²) in [5.41, 5.74) is 10.5. The fourth-order valence-corrected chi connectivity index (χ4v) is 2.26. The van der Waals surface area contributed by atoms with Crippen LogP contribution >= 0.6 is 0 Å². The van der Waals surface area contributed by atoms with Crippen LogP contribution in [0.15, 0.2) is 18.2 Å². The lowest BCUT2D eigenvalue weighted by atomic mass is 9.82. The van der Waals surface area contributed by atoms with Crippen molar-refractivity contribution in [3.63, 3.8) is 0 Å². The summed E-state index contributed by atoms with van der Waals surface area (Å²) < 4.78 is 0. The third-order valence-corrected chi connectivity index (χ3v) is 3.35. The van der Waals surface area contributed by atoms with Gasteiger partial charge in [0.1, 0.15) is 0 Å². The zero-order chi connectivity index (χ0) is 13.2. The largest absolute Gasteiger partial charge is 0.323 e. The van der Waals surface area contributed by atoms with Crippen LogP contribution in [0.4, 0.5) is 0 Å². The SMILES string of the molecule is C[C](C)C(N)c1c(C(C)C)cccc1C(C)C. The van der Waals surface area contributed by atoms with Gasteiger partial charge < -0.3 is 5.73 Å². The monoisotopic (exact) mass is 232 g/mol. The predicted octanol–water partition coefficient (Wildman–Crippen LogP) is 4.55. The van der Waals surface area contributed by atoms with E-state index in [1.54, 1.807) is 0 Å². The summed E-state index contributed by atoms with van der Waals surface area (Å²) in [5.74, 6) is 2.32. The number of hydrogen-bond acceptors (Lipinski definition) is 1. The quantitative estimate of drug-likeness (QED) is 0.810. The molecule has 0 spiro atoms. The summed E-state index contributed by atoms with van der Waals surface area (Å²) in [4.78, 5) is 0. The van der Waals surface area contributed by atoms with Crippen molar-refractivity contribution in [1.29, 1.82) is 0 Å².